The summed E-state index contributed by atoms with van der Waals surface area (Å²) in [5.74, 6) is 1.10. The predicted octanol–water partition coefficient (Wildman–Crippen LogP) is 3.05. The van der Waals surface area contributed by atoms with Crippen LogP contribution in [0.3, 0.4) is 0 Å². The van der Waals surface area contributed by atoms with E-state index in [4.69, 9.17) is 9.78 Å². The topological polar surface area (TPSA) is 66.0 Å². The molecule has 1 saturated heterocycles. The normalized spacial score (nSPS) is 16.1. The van der Waals surface area contributed by atoms with Crippen LogP contribution < -0.4 is 4.90 Å². The highest BCUT2D eigenvalue weighted by atomic mass is 32.1. The molecule has 3 rings (SSSR count). The first-order valence-electron chi connectivity index (χ1n) is 6.45. The van der Waals surface area contributed by atoms with E-state index in [2.05, 4.69) is 21.1 Å². The lowest BCUT2D eigenvalue weighted by atomic mass is 10.2. The zero-order valence-corrected chi connectivity index (χ0v) is 11.3. The van der Waals surface area contributed by atoms with Crippen molar-refractivity contribution in [3.05, 3.63) is 17.0 Å². The Kier molecular flexibility index (Phi) is 3.47. The minimum absolute atomic E-state index is 0.450. The number of thiophene rings is 1. The number of hydrogen-bond donors (Lipinski definition) is 0. The zero-order chi connectivity index (χ0) is 13.1. The standard InChI is InChI=1S/C13H14N4OS/c14-9-10-5-8-19-11(10)12-15-13(16-18-12)17-6-3-1-2-4-7-17/h5,8H,1-4,6-7H2. The van der Waals surface area contributed by atoms with Gasteiger partial charge in [0.25, 0.3) is 11.8 Å². The highest BCUT2D eigenvalue weighted by molar-refractivity contribution is 7.13. The number of anilines is 1. The summed E-state index contributed by atoms with van der Waals surface area (Å²) in [7, 11) is 0. The number of hydrogen-bond acceptors (Lipinski definition) is 6. The first-order chi connectivity index (χ1) is 9.38. The molecule has 0 atom stereocenters. The van der Waals surface area contributed by atoms with Crippen molar-refractivity contribution in [2.45, 2.75) is 25.7 Å². The van der Waals surface area contributed by atoms with Gasteiger partial charge in [0.1, 0.15) is 10.9 Å². The summed E-state index contributed by atoms with van der Waals surface area (Å²) in [5.41, 5.74) is 0.594. The Hall–Kier alpha value is -1.87. The van der Waals surface area contributed by atoms with Gasteiger partial charge in [0.05, 0.1) is 5.56 Å². The lowest BCUT2D eigenvalue weighted by Crippen LogP contribution is -2.24. The van der Waals surface area contributed by atoms with E-state index in [1.807, 2.05) is 5.38 Å². The summed E-state index contributed by atoms with van der Waals surface area (Å²) < 4.78 is 5.30. The van der Waals surface area contributed by atoms with Crippen LogP contribution in [0.4, 0.5) is 5.95 Å². The van der Waals surface area contributed by atoms with Crippen molar-refractivity contribution >= 4 is 17.3 Å². The Morgan fingerprint density at radius 3 is 2.79 bits per heavy atom. The van der Waals surface area contributed by atoms with Gasteiger partial charge in [0, 0.05) is 13.1 Å². The van der Waals surface area contributed by atoms with Crippen molar-refractivity contribution in [3.63, 3.8) is 0 Å². The van der Waals surface area contributed by atoms with Crippen LogP contribution in [0.2, 0.25) is 0 Å². The van der Waals surface area contributed by atoms with Crippen LogP contribution in [0.15, 0.2) is 16.0 Å². The largest absolute Gasteiger partial charge is 0.338 e. The monoisotopic (exact) mass is 274 g/mol. The Bertz CT molecular complexity index is 590. The van der Waals surface area contributed by atoms with E-state index in [0.29, 0.717) is 17.4 Å². The summed E-state index contributed by atoms with van der Waals surface area (Å²) in [4.78, 5) is 7.36. The number of nitrogens with zero attached hydrogens (tertiary/aromatic N) is 4. The van der Waals surface area contributed by atoms with Gasteiger partial charge in [-0.1, -0.05) is 12.8 Å². The molecule has 3 heterocycles. The fraction of sp³-hybridized carbons (Fsp3) is 0.462. The Morgan fingerprint density at radius 1 is 1.26 bits per heavy atom. The summed E-state index contributed by atoms with van der Waals surface area (Å²) in [6.07, 6.45) is 4.88. The van der Waals surface area contributed by atoms with E-state index in [0.717, 1.165) is 18.0 Å². The molecule has 1 fully saturated rings. The molecule has 5 nitrogen and oxygen atoms in total. The quantitative estimate of drug-likeness (QED) is 0.842. The number of aromatic nitrogens is 2. The third-order valence-corrected chi connectivity index (χ3v) is 4.19. The lowest BCUT2D eigenvalue weighted by Gasteiger charge is -2.16. The highest BCUT2D eigenvalue weighted by Crippen LogP contribution is 2.29. The predicted molar refractivity (Wildman–Crippen MR) is 73.0 cm³/mol. The second-order valence-corrected chi connectivity index (χ2v) is 5.49. The van der Waals surface area contributed by atoms with Gasteiger partial charge < -0.3 is 9.42 Å². The van der Waals surface area contributed by atoms with E-state index in [9.17, 15) is 0 Å². The van der Waals surface area contributed by atoms with Crippen molar-refractivity contribution in [1.82, 2.24) is 10.1 Å². The van der Waals surface area contributed by atoms with Crippen LogP contribution >= 0.6 is 11.3 Å². The molecule has 2 aromatic rings. The van der Waals surface area contributed by atoms with Crippen molar-refractivity contribution in [2.24, 2.45) is 0 Å². The maximum Gasteiger partial charge on any atom is 0.270 e. The molecule has 0 bridgehead atoms. The number of nitriles is 1. The van der Waals surface area contributed by atoms with Gasteiger partial charge in [-0.15, -0.1) is 11.3 Å². The minimum Gasteiger partial charge on any atom is -0.338 e. The first-order valence-corrected chi connectivity index (χ1v) is 7.33. The van der Waals surface area contributed by atoms with Crippen LogP contribution in [0.5, 0.6) is 0 Å². The molecule has 0 unspecified atom stereocenters. The smallest absolute Gasteiger partial charge is 0.270 e. The minimum atomic E-state index is 0.450. The van der Waals surface area contributed by atoms with E-state index in [1.165, 1.54) is 37.0 Å². The molecule has 0 aliphatic carbocycles. The molecule has 0 radical (unpaired) electrons. The molecule has 2 aromatic heterocycles. The van der Waals surface area contributed by atoms with E-state index < -0.39 is 0 Å². The number of rotatable bonds is 2. The molecule has 6 heteroatoms. The average molecular weight is 274 g/mol. The maximum atomic E-state index is 9.02. The lowest BCUT2D eigenvalue weighted by molar-refractivity contribution is 0.430. The molecular formula is C13H14N4OS. The van der Waals surface area contributed by atoms with E-state index in [1.54, 1.807) is 6.07 Å². The second kappa shape index (κ2) is 5.41. The summed E-state index contributed by atoms with van der Waals surface area (Å²) >= 11 is 1.45. The van der Waals surface area contributed by atoms with Crippen molar-refractivity contribution in [1.29, 1.82) is 5.26 Å². The van der Waals surface area contributed by atoms with Gasteiger partial charge in [-0.05, 0) is 29.4 Å². The second-order valence-electron chi connectivity index (χ2n) is 4.58. The highest BCUT2D eigenvalue weighted by Gasteiger charge is 2.19. The van der Waals surface area contributed by atoms with E-state index >= 15 is 0 Å². The van der Waals surface area contributed by atoms with Gasteiger partial charge in [-0.3, -0.25) is 0 Å². The molecule has 98 valence electrons. The molecule has 0 saturated carbocycles. The average Bonchev–Trinajstić information content (AvgIpc) is 3.01. The zero-order valence-electron chi connectivity index (χ0n) is 10.5. The van der Waals surface area contributed by atoms with Crippen molar-refractivity contribution < 1.29 is 4.52 Å². The molecule has 0 amide bonds. The van der Waals surface area contributed by atoms with Crippen LogP contribution in [0, 0.1) is 11.3 Å². The fourth-order valence-corrected chi connectivity index (χ4v) is 3.03. The molecule has 0 aromatic carbocycles. The third-order valence-electron chi connectivity index (χ3n) is 3.28. The SMILES string of the molecule is N#Cc1ccsc1-c1nc(N2CCCCCC2)no1. The van der Waals surface area contributed by atoms with Crippen molar-refractivity contribution in [3.8, 4) is 16.8 Å². The first kappa shape index (κ1) is 12.2. The molecule has 0 N–H and O–H groups in total. The Morgan fingerprint density at radius 2 is 2.05 bits per heavy atom. The van der Waals surface area contributed by atoms with Crippen molar-refractivity contribution in [2.75, 3.05) is 18.0 Å². The van der Waals surface area contributed by atoms with Gasteiger partial charge in [0.2, 0.25) is 0 Å². The maximum absolute atomic E-state index is 9.02. The molecule has 1 aliphatic rings. The van der Waals surface area contributed by atoms with E-state index in [-0.39, 0.29) is 0 Å². The van der Waals surface area contributed by atoms with Crippen LogP contribution in [-0.2, 0) is 0 Å². The van der Waals surface area contributed by atoms with Crippen LogP contribution in [0.1, 0.15) is 31.2 Å². The summed E-state index contributed by atoms with van der Waals surface area (Å²) in [6, 6.07) is 3.92. The summed E-state index contributed by atoms with van der Waals surface area (Å²) in [5, 5.41) is 14.9. The third kappa shape index (κ3) is 2.47. The Balaban J connectivity index is 1.85. The Labute approximate surface area is 115 Å². The molecular weight excluding hydrogens is 260 g/mol. The molecule has 0 spiro atoms. The van der Waals surface area contributed by atoms with Crippen LogP contribution in [0.25, 0.3) is 10.8 Å². The summed E-state index contributed by atoms with van der Waals surface area (Å²) in [6.45, 7) is 1.96. The van der Waals surface area contributed by atoms with Gasteiger partial charge >= 0.3 is 0 Å². The molecule has 1 aliphatic heterocycles. The van der Waals surface area contributed by atoms with Gasteiger partial charge in [-0.25, -0.2) is 0 Å². The van der Waals surface area contributed by atoms with Crippen LogP contribution in [-0.4, -0.2) is 23.2 Å². The van der Waals surface area contributed by atoms with Gasteiger partial charge in [0.15, 0.2) is 0 Å². The van der Waals surface area contributed by atoms with Gasteiger partial charge in [-0.2, -0.15) is 10.2 Å². The molecule has 19 heavy (non-hydrogen) atoms. The fourth-order valence-electron chi connectivity index (χ4n) is 2.27.